The van der Waals surface area contributed by atoms with Gasteiger partial charge in [-0.25, -0.2) is 0 Å². The first-order valence-corrected chi connectivity index (χ1v) is 9.80. The van der Waals surface area contributed by atoms with Crippen LogP contribution in [0.4, 0.5) is 0 Å². The van der Waals surface area contributed by atoms with Crippen molar-refractivity contribution in [3.05, 3.63) is 42.5 Å². The average Bonchev–Trinajstić information content (AvgIpc) is 2.64. The summed E-state index contributed by atoms with van der Waals surface area (Å²) in [5, 5.41) is 21.3. The zero-order valence-electron chi connectivity index (χ0n) is 18.3. The van der Waals surface area contributed by atoms with E-state index in [2.05, 4.69) is 62.5 Å². The van der Waals surface area contributed by atoms with Crippen LogP contribution in [0.1, 0.15) is 41.5 Å². The Morgan fingerprint density at radius 2 is 1.48 bits per heavy atom. The molecule has 1 unspecified atom stereocenters. The van der Waals surface area contributed by atoms with Crippen LogP contribution in [-0.4, -0.2) is 41.3 Å². The number of hydrogen-bond donors (Lipinski definition) is 3. The van der Waals surface area contributed by atoms with Gasteiger partial charge in [0.15, 0.2) is 0 Å². The fraction of sp³-hybridized carbons (Fsp3) is 0.478. The number of rotatable bonds is 7. The molecule has 0 aliphatic heterocycles. The molecule has 0 fully saturated rings. The van der Waals surface area contributed by atoms with Gasteiger partial charge in [-0.1, -0.05) is 71.0 Å². The van der Waals surface area contributed by atoms with E-state index < -0.39 is 11.9 Å². The van der Waals surface area contributed by atoms with Crippen molar-refractivity contribution in [2.75, 3.05) is 13.2 Å². The normalized spacial score (nSPS) is 11.2. The van der Waals surface area contributed by atoms with Gasteiger partial charge in [-0.05, 0) is 11.5 Å². The quantitative estimate of drug-likeness (QED) is 0.619. The molecule has 2 aromatic rings. The number of aliphatic carboxylic acids is 2. The van der Waals surface area contributed by atoms with Crippen LogP contribution in [0.5, 0.6) is 5.75 Å². The van der Waals surface area contributed by atoms with Gasteiger partial charge >= 0.3 is 5.97 Å². The highest BCUT2D eigenvalue weighted by atomic mass is 16.5. The second-order valence-corrected chi connectivity index (χ2v) is 7.47. The molecule has 1 atom stereocenters. The van der Waals surface area contributed by atoms with Gasteiger partial charge in [0, 0.05) is 30.8 Å². The van der Waals surface area contributed by atoms with Gasteiger partial charge in [0.2, 0.25) is 0 Å². The van der Waals surface area contributed by atoms with Crippen molar-refractivity contribution in [1.29, 1.82) is 0 Å². The number of ether oxygens (including phenoxy) is 1. The number of hydrogen-bond acceptors (Lipinski definition) is 4. The van der Waals surface area contributed by atoms with Crippen LogP contribution in [0.3, 0.4) is 0 Å². The van der Waals surface area contributed by atoms with Crippen LogP contribution >= 0.6 is 0 Å². The fourth-order valence-electron chi connectivity index (χ4n) is 2.05. The number of fused-ring (bicyclic) bond motifs is 1. The van der Waals surface area contributed by atoms with Crippen molar-refractivity contribution >= 4 is 22.7 Å². The standard InChI is InChI=1S/C17H23NO.C4H8O2.C2H4O2/c1-13(2)18-11-14(3)12-19-17-10-6-8-15-7-4-5-9-16(15)17;1-3(2)4(5)6;1-2(3)4/h4-10,13-14,18H,11-12H2,1-3H3;3H,1-2H3,(H,5,6);1H3,(H,3,4). The van der Waals surface area contributed by atoms with Crippen LogP contribution < -0.4 is 10.1 Å². The fourth-order valence-corrected chi connectivity index (χ4v) is 2.05. The molecule has 0 aliphatic rings. The molecule has 0 saturated heterocycles. The van der Waals surface area contributed by atoms with Crippen LogP contribution in [0.15, 0.2) is 42.5 Å². The largest absolute Gasteiger partial charge is 0.493 e. The lowest BCUT2D eigenvalue weighted by atomic mass is 10.1. The summed E-state index contributed by atoms with van der Waals surface area (Å²) in [4.78, 5) is 18.7. The van der Waals surface area contributed by atoms with Crippen LogP contribution in [0.2, 0.25) is 0 Å². The summed E-state index contributed by atoms with van der Waals surface area (Å²) in [6, 6.07) is 15.1. The van der Waals surface area contributed by atoms with Crippen molar-refractivity contribution in [1.82, 2.24) is 5.32 Å². The Kier molecular flexibility index (Phi) is 13.1. The van der Waals surface area contributed by atoms with E-state index in [0.717, 1.165) is 25.8 Å². The Bertz CT molecular complexity index is 734. The molecule has 162 valence electrons. The van der Waals surface area contributed by atoms with Gasteiger partial charge in [0.1, 0.15) is 5.75 Å². The highest BCUT2D eigenvalue weighted by Gasteiger charge is 2.06. The Morgan fingerprint density at radius 1 is 0.966 bits per heavy atom. The minimum Gasteiger partial charge on any atom is -0.493 e. The van der Waals surface area contributed by atoms with E-state index in [4.69, 9.17) is 19.7 Å². The number of carboxylic acid groups (broad SMARTS) is 2. The molecule has 0 radical (unpaired) electrons. The summed E-state index contributed by atoms with van der Waals surface area (Å²) in [6.45, 7) is 12.6. The van der Waals surface area contributed by atoms with Crippen molar-refractivity contribution < 1.29 is 24.5 Å². The molecule has 0 heterocycles. The van der Waals surface area contributed by atoms with Crippen molar-refractivity contribution in [3.63, 3.8) is 0 Å². The predicted molar refractivity (Wildman–Crippen MR) is 118 cm³/mol. The van der Waals surface area contributed by atoms with Gasteiger partial charge in [-0.15, -0.1) is 0 Å². The minimum atomic E-state index is -0.833. The Labute approximate surface area is 173 Å². The second-order valence-electron chi connectivity index (χ2n) is 7.47. The summed E-state index contributed by atoms with van der Waals surface area (Å²) < 4.78 is 5.97. The first kappa shape index (κ1) is 26.4. The lowest BCUT2D eigenvalue weighted by molar-refractivity contribution is -0.140. The van der Waals surface area contributed by atoms with Crippen LogP contribution in [0, 0.1) is 11.8 Å². The lowest BCUT2D eigenvalue weighted by Gasteiger charge is -2.16. The highest BCUT2D eigenvalue weighted by molar-refractivity contribution is 5.88. The average molecular weight is 406 g/mol. The van der Waals surface area contributed by atoms with E-state index >= 15 is 0 Å². The van der Waals surface area contributed by atoms with E-state index in [1.54, 1.807) is 13.8 Å². The molecule has 29 heavy (non-hydrogen) atoms. The van der Waals surface area contributed by atoms with Gasteiger partial charge in [-0.2, -0.15) is 0 Å². The molecule has 0 bridgehead atoms. The third-order valence-electron chi connectivity index (χ3n) is 3.64. The maximum atomic E-state index is 9.70. The number of nitrogens with one attached hydrogen (secondary N) is 1. The molecule has 2 rings (SSSR count). The zero-order chi connectivity index (χ0) is 22.4. The molecule has 0 amide bonds. The van der Waals surface area contributed by atoms with Gasteiger partial charge in [0.25, 0.3) is 5.97 Å². The SMILES string of the molecule is CC(=O)O.CC(C)C(=O)O.CC(CNC(C)C)COc1cccc2ccccc12. The summed E-state index contributed by atoms with van der Waals surface area (Å²) in [6.07, 6.45) is 0. The van der Waals surface area contributed by atoms with Gasteiger partial charge in [-0.3, -0.25) is 9.59 Å². The monoisotopic (exact) mass is 405 g/mol. The van der Waals surface area contributed by atoms with E-state index in [1.165, 1.54) is 10.8 Å². The first-order valence-electron chi connectivity index (χ1n) is 9.80. The number of carbonyl (C=O) groups is 2. The lowest BCUT2D eigenvalue weighted by Crippen LogP contribution is -2.30. The van der Waals surface area contributed by atoms with Crippen molar-refractivity contribution in [3.8, 4) is 5.75 Å². The summed E-state index contributed by atoms with van der Waals surface area (Å²) >= 11 is 0. The molecule has 6 nitrogen and oxygen atoms in total. The topological polar surface area (TPSA) is 95.9 Å². The van der Waals surface area contributed by atoms with Crippen molar-refractivity contribution in [2.45, 2.75) is 47.6 Å². The van der Waals surface area contributed by atoms with E-state index in [-0.39, 0.29) is 5.92 Å². The number of carboxylic acids is 2. The predicted octanol–water partition coefficient (Wildman–Crippen LogP) is 4.67. The maximum Gasteiger partial charge on any atom is 0.305 e. The van der Waals surface area contributed by atoms with Crippen molar-refractivity contribution in [2.24, 2.45) is 11.8 Å². The second kappa shape index (κ2) is 14.4. The molecular weight excluding hydrogens is 370 g/mol. The molecule has 3 N–H and O–H groups in total. The van der Waals surface area contributed by atoms with Crippen LogP contribution in [-0.2, 0) is 9.59 Å². The summed E-state index contributed by atoms with van der Waals surface area (Å²) in [7, 11) is 0. The maximum absolute atomic E-state index is 9.70. The Morgan fingerprint density at radius 3 is 2.00 bits per heavy atom. The van der Waals surface area contributed by atoms with E-state index in [0.29, 0.717) is 12.0 Å². The molecule has 6 heteroatoms. The molecule has 0 saturated carbocycles. The van der Waals surface area contributed by atoms with Crippen LogP contribution in [0.25, 0.3) is 10.8 Å². The molecular formula is C23H35NO5. The first-order chi connectivity index (χ1) is 13.5. The molecule has 0 aliphatic carbocycles. The molecule has 0 spiro atoms. The third-order valence-corrected chi connectivity index (χ3v) is 3.64. The number of benzene rings is 2. The van der Waals surface area contributed by atoms with Gasteiger partial charge in [0.05, 0.1) is 12.5 Å². The molecule has 0 aromatic heterocycles. The smallest absolute Gasteiger partial charge is 0.305 e. The Balaban J connectivity index is 0.000000654. The highest BCUT2D eigenvalue weighted by Crippen LogP contribution is 2.25. The van der Waals surface area contributed by atoms with Gasteiger partial charge < -0.3 is 20.3 Å². The Hall–Kier alpha value is -2.60. The third kappa shape index (κ3) is 13.2. The molecule has 2 aromatic carbocycles. The summed E-state index contributed by atoms with van der Waals surface area (Å²) in [5.41, 5.74) is 0. The minimum absolute atomic E-state index is 0.231. The summed E-state index contributed by atoms with van der Waals surface area (Å²) in [5.74, 6) is -0.323. The van der Waals surface area contributed by atoms with E-state index in [9.17, 15) is 4.79 Å². The van der Waals surface area contributed by atoms with E-state index in [1.807, 2.05) is 6.07 Å². The zero-order valence-corrected chi connectivity index (χ0v) is 18.3.